The number of nitrogens with one attached hydrogen (secondary N) is 1. The molecule has 5 rings (SSSR count). The third-order valence-corrected chi connectivity index (χ3v) is 7.92. The fraction of sp³-hybridized carbons (Fsp3) is 0.536. The average molecular weight is 475 g/mol. The number of methoxy groups -OCH3 is 1. The number of piperidine rings is 1. The standard InChI is InChI=1S/C28H38N6O/c1-17(2)19(5)11-20-7-9-33(10-8-20)25-13-22-23(14-29-25)32-27(26(22)18(3)4)21-12-24(35-6)28-30-16-31-34(28)15-21/h12-20,32H,7-11H2,1-6H3. The normalized spacial score (nSPS) is 16.2. The van der Waals surface area contributed by atoms with E-state index in [0.29, 0.717) is 17.3 Å². The number of hydrogen-bond acceptors (Lipinski definition) is 5. The number of aromatic amines is 1. The predicted molar refractivity (Wildman–Crippen MR) is 142 cm³/mol. The lowest BCUT2D eigenvalue weighted by molar-refractivity contribution is 0.281. The Morgan fingerprint density at radius 3 is 2.54 bits per heavy atom. The molecule has 1 atom stereocenters. The third kappa shape index (κ3) is 4.48. The van der Waals surface area contributed by atoms with Crippen LogP contribution in [0.1, 0.15) is 65.4 Å². The van der Waals surface area contributed by atoms with Crippen molar-refractivity contribution in [3.05, 3.63) is 36.4 Å². The lowest BCUT2D eigenvalue weighted by atomic mass is 9.83. The zero-order valence-corrected chi connectivity index (χ0v) is 21.9. The largest absolute Gasteiger partial charge is 0.493 e. The van der Waals surface area contributed by atoms with Crippen LogP contribution in [0.25, 0.3) is 27.8 Å². The van der Waals surface area contributed by atoms with Gasteiger partial charge in [-0.15, -0.1) is 0 Å². The second kappa shape index (κ2) is 9.51. The van der Waals surface area contributed by atoms with Gasteiger partial charge in [0.1, 0.15) is 12.1 Å². The van der Waals surface area contributed by atoms with E-state index >= 15 is 0 Å². The van der Waals surface area contributed by atoms with Crippen molar-refractivity contribution in [2.24, 2.45) is 17.8 Å². The quantitative estimate of drug-likeness (QED) is 0.340. The Morgan fingerprint density at radius 2 is 1.86 bits per heavy atom. The highest BCUT2D eigenvalue weighted by atomic mass is 16.5. The van der Waals surface area contributed by atoms with Crippen LogP contribution in [-0.2, 0) is 0 Å². The van der Waals surface area contributed by atoms with Crippen LogP contribution in [0.2, 0.25) is 0 Å². The van der Waals surface area contributed by atoms with Crippen LogP contribution in [0, 0.1) is 17.8 Å². The molecular formula is C28H38N6O. The molecule has 0 amide bonds. The van der Waals surface area contributed by atoms with Crippen molar-refractivity contribution in [3.8, 4) is 17.0 Å². The Balaban J connectivity index is 1.46. The summed E-state index contributed by atoms with van der Waals surface area (Å²) < 4.78 is 7.39. The molecule has 1 saturated heterocycles. The maximum absolute atomic E-state index is 5.61. The molecule has 1 N–H and O–H groups in total. The van der Waals surface area contributed by atoms with Gasteiger partial charge in [-0.25, -0.2) is 14.5 Å². The molecule has 1 unspecified atom stereocenters. The molecule has 0 aromatic carbocycles. The molecule has 1 aliphatic rings. The number of H-pyrrole nitrogens is 1. The highest BCUT2D eigenvalue weighted by Crippen LogP contribution is 2.38. The van der Waals surface area contributed by atoms with Crippen molar-refractivity contribution in [3.63, 3.8) is 0 Å². The van der Waals surface area contributed by atoms with Gasteiger partial charge in [0.2, 0.25) is 0 Å². The van der Waals surface area contributed by atoms with Crippen molar-refractivity contribution in [1.82, 2.24) is 24.6 Å². The van der Waals surface area contributed by atoms with E-state index in [1.54, 1.807) is 18.0 Å². The van der Waals surface area contributed by atoms with Crippen molar-refractivity contribution in [2.75, 3.05) is 25.1 Å². The number of hydrogen-bond donors (Lipinski definition) is 1. The topological polar surface area (TPSA) is 71.3 Å². The van der Waals surface area contributed by atoms with E-state index in [9.17, 15) is 0 Å². The van der Waals surface area contributed by atoms with Gasteiger partial charge in [0, 0.05) is 30.2 Å². The monoisotopic (exact) mass is 474 g/mol. The van der Waals surface area contributed by atoms with Gasteiger partial charge in [0.05, 0.1) is 24.5 Å². The summed E-state index contributed by atoms with van der Waals surface area (Å²) in [6.45, 7) is 13.8. The number of aromatic nitrogens is 5. The second-order valence-corrected chi connectivity index (χ2v) is 10.9. The van der Waals surface area contributed by atoms with Crippen LogP contribution in [0.4, 0.5) is 5.82 Å². The summed E-state index contributed by atoms with van der Waals surface area (Å²) in [5, 5.41) is 5.59. The van der Waals surface area contributed by atoms with Crippen LogP contribution < -0.4 is 9.64 Å². The summed E-state index contributed by atoms with van der Waals surface area (Å²) in [6.07, 6.45) is 9.42. The molecule has 4 aromatic heterocycles. The zero-order chi connectivity index (χ0) is 24.7. The summed E-state index contributed by atoms with van der Waals surface area (Å²) in [4.78, 5) is 15.3. The maximum atomic E-state index is 5.61. The number of pyridine rings is 2. The number of rotatable bonds is 7. The van der Waals surface area contributed by atoms with Gasteiger partial charge >= 0.3 is 0 Å². The average Bonchev–Trinajstić information content (AvgIpc) is 3.48. The molecule has 0 saturated carbocycles. The van der Waals surface area contributed by atoms with Crippen molar-refractivity contribution < 1.29 is 4.74 Å². The molecule has 7 nitrogen and oxygen atoms in total. The molecule has 1 aliphatic heterocycles. The summed E-state index contributed by atoms with van der Waals surface area (Å²) in [7, 11) is 1.67. The highest BCUT2D eigenvalue weighted by Gasteiger charge is 2.24. The van der Waals surface area contributed by atoms with Crippen LogP contribution in [0.5, 0.6) is 5.75 Å². The summed E-state index contributed by atoms with van der Waals surface area (Å²) in [6, 6.07) is 4.32. The van der Waals surface area contributed by atoms with E-state index < -0.39 is 0 Å². The van der Waals surface area contributed by atoms with E-state index in [2.05, 4.69) is 60.7 Å². The van der Waals surface area contributed by atoms with Gasteiger partial charge in [0.25, 0.3) is 0 Å². The smallest absolute Gasteiger partial charge is 0.197 e. The van der Waals surface area contributed by atoms with Crippen LogP contribution >= 0.6 is 0 Å². The van der Waals surface area contributed by atoms with Gasteiger partial charge in [0.15, 0.2) is 11.4 Å². The van der Waals surface area contributed by atoms with Crippen molar-refractivity contribution in [2.45, 2.75) is 59.8 Å². The van der Waals surface area contributed by atoms with Crippen molar-refractivity contribution in [1.29, 1.82) is 0 Å². The first kappa shape index (κ1) is 23.6. The maximum Gasteiger partial charge on any atom is 0.197 e. The fourth-order valence-electron chi connectivity index (χ4n) is 5.48. The molecule has 0 aliphatic carbocycles. The lowest BCUT2D eigenvalue weighted by Gasteiger charge is -2.34. The van der Waals surface area contributed by atoms with Gasteiger partial charge in [-0.1, -0.05) is 34.6 Å². The first-order valence-electron chi connectivity index (χ1n) is 13.0. The van der Waals surface area contributed by atoms with E-state index in [0.717, 1.165) is 53.4 Å². The lowest BCUT2D eigenvalue weighted by Crippen LogP contribution is -2.34. The second-order valence-electron chi connectivity index (χ2n) is 10.9. The van der Waals surface area contributed by atoms with Crippen LogP contribution in [0.3, 0.4) is 0 Å². The molecule has 1 fully saturated rings. The van der Waals surface area contributed by atoms with E-state index in [1.807, 2.05) is 18.5 Å². The molecule has 0 radical (unpaired) electrons. The Morgan fingerprint density at radius 1 is 1.09 bits per heavy atom. The Labute approximate surface area is 207 Å². The minimum Gasteiger partial charge on any atom is -0.493 e. The molecule has 35 heavy (non-hydrogen) atoms. The summed E-state index contributed by atoms with van der Waals surface area (Å²) >= 11 is 0. The van der Waals surface area contributed by atoms with E-state index in [1.165, 1.54) is 30.2 Å². The van der Waals surface area contributed by atoms with Crippen LogP contribution in [-0.4, -0.2) is 44.8 Å². The Hall–Kier alpha value is -3.09. The first-order valence-corrected chi connectivity index (χ1v) is 13.0. The third-order valence-electron chi connectivity index (χ3n) is 7.92. The Kier molecular flexibility index (Phi) is 6.43. The minimum absolute atomic E-state index is 0.342. The van der Waals surface area contributed by atoms with Crippen molar-refractivity contribution >= 4 is 22.4 Å². The molecule has 0 bridgehead atoms. The van der Waals surface area contributed by atoms with Gasteiger partial charge < -0.3 is 14.6 Å². The molecule has 7 heteroatoms. The number of anilines is 1. The highest BCUT2D eigenvalue weighted by molar-refractivity contribution is 5.92. The SMILES string of the molecule is COc1cc(-c2[nH]c3cnc(N4CCC(CC(C)C(C)C)CC4)cc3c2C(C)C)cn2ncnc12. The number of ether oxygens (including phenoxy) is 1. The Bertz CT molecular complexity index is 1310. The molecule has 4 aromatic rings. The molecule has 186 valence electrons. The number of fused-ring (bicyclic) bond motifs is 2. The zero-order valence-electron chi connectivity index (χ0n) is 21.9. The van der Waals surface area contributed by atoms with Gasteiger partial charge in [-0.05, 0) is 60.6 Å². The summed E-state index contributed by atoms with van der Waals surface area (Å²) in [5.41, 5.74) is 5.19. The first-order chi connectivity index (χ1) is 16.9. The van der Waals surface area contributed by atoms with E-state index in [-0.39, 0.29) is 0 Å². The summed E-state index contributed by atoms with van der Waals surface area (Å²) in [5.74, 6) is 4.53. The van der Waals surface area contributed by atoms with E-state index in [4.69, 9.17) is 9.72 Å². The number of nitrogens with zero attached hydrogens (tertiary/aromatic N) is 5. The molecule has 0 spiro atoms. The predicted octanol–water partition coefficient (Wildman–Crippen LogP) is 6.30. The fourth-order valence-corrected chi connectivity index (χ4v) is 5.48. The molecule has 5 heterocycles. The van der Waals surface area contributed by atoms with Crippen LogP contribution in [0.15, 0.2) is 30.9 Å². The molecular weight excluding hydrogens is 436 g/mol. The minimum atomic E-state index is 0.342. The van der Waals surface area contributed by atoms with Gasteiger partial charge in [-0.2, -0.15) is 5.10 Å². The van der Waals surface area contributed by atoms with Gasteiger partial charge in [-0.3, -0.25) is 0 Å².